The number of hydrogen-bond acceptors (Lipinski definition) is 5. The van der Waals surface area contributed by atoms with E-state index in [0.717, 1.165) is 29.2 Å². The first-order valence-corrected chi connectivity index (χ1v) is 10.9. The summed E-state index contributed by atoms with van der Waals surface area (Å²) < 4.78 is 0. The van der Waals surface area contributed by atoms with Gasteiger partial charge in [-0.3, -0.25) is 19.9 Å². The van der Waals surface area contributed by atoms with E-state index in [1.54, 1.807) is 6.07 Å². The molecule has 0 saturated heterocycles. The molecule has 7 nitrogen and oxygen atoms in total. The number of carbonyl (C=O) groups is 2. The molecule has 7 heteroatoms. The second kappa shape index (κ2) is 9.02. The zero-order valence-corrected chi connectivity index (χ0v) is 19.7. The summed E-state index contributed by atoms with van der Waals surface area (Å²) >= 11 is 0. The van der Waals surface area contributed by atoms with Crippen molar-refractivity contribution in [2.24, 2.45) is 10.4 Å². The fraction of sp³-hybridized carbons (Fsp3) is 0.400. The van der Waals surface area contributed by atoms with Crippen LogP contribution in [0.5, 0.6) is 0 Å². The van der Waals surface area contributed by atoms with Crippen molar-refractivity contribution in [1.82, 2.24) is 10.6 Å². The number of amides is 2. The first kappa shape index (κ1) is 23.3. The largest absolute Gasteiger partial charge is 0.355 e. The highest BCUT2D eigenvalue weighted by Gasteiger charge is 2.23. The molecule has 170 valence electrons. The van der Waals surface area contributed by atoms with Crippen LogP contribution in [0.4, 0.5) is 17.1 Å². The van der Waals surface area contributed by atoms with Gasteiger partial charge in [-0.15, -0.1) is 0 Å². The minimum Gasteiger partial charge on any atom is -0.355 e. The van der Waals surface area contributed by atoms with Crippen molar-refractivity contribution in [3.05, 3.63) is 53.6 Å². The molecule has 2 aromatic carbocycles. The molecule has 0 saturated carbocycles. The van der Waals surface area contributed by atoms with E-state index in [9.17, 15) is 9.59 Å². The minimum atomic E-state index is -0.473. The molecular weight excluding hydrogens is 402 g/mol. The molecule has 2 aromatic rings. The Hall–Kier alpha value is -3.35. The third kappa shape index (κ3) is 5.87. The van der Waals surface area contributed by atoms with Crippen molar-refractivity contribution in [3.8, 4) is 0 Å². The van der Waals surface area contributed by atoms with Crippen LogP contribution < -0.4 is 21.3 Å². The second-order valence-corrected chi connectivity index (χ2v) is 10.0. The van der Waals surface area contributed by atoms with E-state index in [0.29, 0.717) is 18.1 Å². The number of nitrogens with zero attached hydrogens (tertiary/aromatic N) is 1. The van der Waals surface area contributed by atoms with E-state index in [4.69, 9.17) is 0 Å². The molecule has 0 bridgehead atoms. The lowest BCUT2D eigenvalue weighted by Gasteiger charge is -2.25. The quantitative estimate of drug-likeness (QED) is 0.572. The van der Waals surface area contributed by atoms with Crippen molar-refractivity contribution in [2.45, 2.75) is 47.0 Å². The minimum absolute atomic E-state index is 0.0400. The molecule has 0 fully saturated rings. The standard InChI is InChI=1S/C25H33N5O2/c1-24(2,3)19-14-16(21(31)30-23-26-12-13-27-23)10-11-20(19)28-17-8-7-9-18(15-17)29-22(32)25(4,5)6/h7-11,14-15,28H,12-13H2,1-6H3,(H,29,32)(H2,26,27,30,31). The Balaban J connectivity index is 1.84. The Morgan fingerprint density at radius 2 is 1.66 bits per heavy atom. The average molecular weight is 436 g/mol. The maximum atomic E-state index is 12.7. The SMILES string of the molecule is CC(C)(C)C(=O)Nc1cccc(Nc2ccc(C(=O)NC3=NCCN3)cc2C(C)(C)C)c1. The molecule has 32 heavy (non-hydrogen) atoms. The molecule has 0 atom stereocenters. The van der Waals surface area contributed by atoms with Crippen LogP contribution in [0.2, 0.25) is 0 Å². The summed E-state index contributed by atoms with van der Waals surface area (Å²) in [6, 6.07) is 13.2. The predicted octanol–water partition coefficient (Wildman–Crippen LogP) is 4.40. The van der Waals surface area contributed by atoms with E-state index in [-0.39, 0.29) is 17.2 Å². The van der Waals surface area contributed by atoms with Crippen LogP contribution >= 0.6 is 0 Å². The van der Waals surface area contributed by atoms with Crippen molar-refractivity contribution >= 4 is 34.8 Å². The van der Waals surface area contributed by atoms with Crippen LogP contribution in [-0.4, -0.2) is 30.9 Å². The van der Waals surface area contributed by atoms with Crippen LogP contribution in [-0.2, 0) is 10.2 Å². The van der Waals surface area contributed by atoms with E-state index in [1.807, 2.05) is 57.2 Å². The molecular formula is C25H33N5O2. The smallest absolute Gasteiger partial charge is 0.257 e. The number of anilines is 3. The predicted molar refractivity (Wildman–Crippen MR) is 131 cm³/mol. The lowest BCUT2D eigenvalue weighted by molar-refractivity contribution is -0.123. The Bertz CT molecular complexity index is 1050. The Morgan fingerprint density at radius 3 is 2.28 bits per heavy atom. The number of nitrogens with one attached hydrogen (secondary N) is 4. The fourth-order valence-electron chi connectivity index (χ4n) is 3.23. The van der Waals surface area contributed by atoms with Crippen molar-refractivity contribution < 1.29 is 9.59 Å². The summed E-state index contributed by atoms with van der Waals surface area (Å²) in [5.74, 6) is 0.285. The van der Waals surface area contributed by atoms with Gasteiger partial charge in [0.1, 0.15) is 0 Å². The highest BCUT2D eigenvalue weighted by molar-refractivity contribution is 6.06. The first-order valence-electron chi connectivity index (χ1n) is 10.9. The van der Waals surface area contributed by atoms with Crippen molar-refractivity contribution in [2.75, 3.05) is 23.7 Å². The molecule has 0 unspecified atom stereocenters. The van der Waals surface area contributed by atoms with Crippen LogP contribution in [0.1, 0.15) is 57.5 Å². The van der Waals surface area contributed by atoms with E-state index < -0.39 is 5.41 Å². The summed E-state index contributed by atoms with van der Waals surface area (Å²) in [6.07, 6.45) is 0. The number of guanidine groups is 1. The van der Waals surface area contributed by atoms with Crippen LogP contribution in [0, 0.1) is 5.41 Å². The number of carbonyl (C=O) groups excluding carboxylic acids is 2. The van der Waals surface area contributed by atoms with Gasteiger partial charge >= 0.3 is 0 Å². The molecule has 1 heterocycles. The molecule has 3 rings (SSSR count). The van der Waals surface area contributed by atoms with Gasteiger partial charge in [-0.2, -0.15) is 0 Å². The molecule has 1 aliphatic heterocycles. The van der Waals surface area contributed by atoms with Gasteiger partial charge in [0.15, 0.2) is 5.96 Å². The molecule has 1 aliphatic rings. The van der Waals surface area contributed by atoms with Gasteiger partial charge in [0.25, 0.3) is 5.91 Å². The number of hydrogen-bond donors (Lipinski definition) is 4. The number of aliphatic imine (C=N–C) groups is 1. The maximum Gasteiger partial charge on any atom is 0.257 e. The van der Waals surface area contributed by atoms with Crippen molar-refractivity contribution in [3.63, 3.8) is 0 Å². The summed E-state index contributed by atoms with van der Waals surface area (Å²) in [5.41, 5.74) is 3.40. The van der Waals surface area contributed by atoms with E-state index in [2.05, 4.69) is 47.0 Å². The third-order valence-corrected chi connectivity index (χ3v) is 5.08. The molecule has 2 amide bonds. The summed E-state index contributed by atoms with van der Waals surface area (Å²) in [4.78, 5) is 29.2. The summed E-state index contributed by atoms with van der Waals surface area (Å²) in [5, 5.41) is 12.3. The van der Waals surface area contributed by atoms with Crippen LogP contribution in [0.25, 0.3) is 0 Å². The highest BCUT2D eigenvalue weighted by Crippen LogP contribution is 2.33. The zero-order chi connectivity index (χ0) is 23.5. The third-order valence-electron chi connectivity index (χ3n) is 5.08. The Morgan fingerprint density at radius 1 is 0.938 bits per heavy atom. The highest BCUT2D eigenvalue weighted by atomic mass is 16.2. The summed E-state index contributed by atoms with van der Waals surface area (Å²) in [6.45, 7) is 13.4. The lowest BCUT2D eigenvalue weighted by Crippen LogP contribution is -2.38. The number of benzene rings is 2. The Kier molecular flexibility index (Phi) is 6.57. The van der Waals surface area contributed by atoms with Gasteiger partial charge in [-0.1, -0.05) is 47.6 Å². The van der Waals surface area contributed by atoms with E-state index in [1.165, 1.54) is 0 Å². The van der Waals surface area contributed by atoms with Gasteiger partial charge < -0.3 is 16.0 Å². The lowest BCUT2D eigenvalue weighted by atomic mass is 9.84. The maximum absolute atomic E-state index is 12.7. The van der Waals surface area contributed by atoms with Gasteiger partial charge in [-0.05, 0) is 47.4 Å². The second-order valence-electron chi connectivity index (χ2n) is 10.0. The molecule has 0 radical (unpaired) electrons. The van der Waals surface area contributed by atoms with Crippen LogP contribution in [0.3, 0.4) is 0 Å². The van der Waals surface area contributed by atoms with Gasteiger partial charge in [-0.25, -0.2) is 0 Å². The normalized spacial score (nSPS) is 13.8. The number of rotatable bonds is 4. The van der Waals surface area contributed by atoms with Gasteiger partial charge in [0, 0.05) is 34.6 Å². The molecule has 0 spiro atoms. The van der Waals surface area contributed by atoms with Gasteiger partial charge in [0.2, 0.25) is 5.91 Å². The monoisotopic (exact) mass is 435 g/mol. The average Bonchev–Trinajstić information content (AvgIpc) is 3.20. The van der Waals surface area contributed by atoms with Gasteiger partial charge in [0.05, 0.1) is 6.54 Å². The van der Waals surface area contributed by atoms with Crippen molar-refractivity contribution in [1.29, 1.82) is 0 Å². The fourth-order valence-corrected chi connectivity index (χ4v) is 3.23. The first-order chi connectivity index (χ1) is 14.9. The summed E-state index contributed by atoms with van der Waals surface area (Å²) in [7, 11) is 0. The van der Waals surface area contributed by atoms with E-state index >= 15 is 0 Å². The Labute approximate surface area is 190 Å². The molecule has 4 N–H and O–H groups in total. The van der Waals surface area contributed by atoms with Crippen LogP contribution in [0.15, 0.2) is 47.5 Å². The topological polar surface area (TPSA) is 94.6 Å². The molecule has 0 aromatic heterocycles. The molecule has 0 aliphatic carbocycles. The zero-order valence-electron chi connectivity index (χ0n) is 19.7.